The first-order valence-corrected chi connectivity index (χ1v) is 8.11. The van der Waals surface area contributed by atoms with E-state index in [1.54, 1.807) is 12.1 Å². The van der Waals surface area contributed by atoms with Crippen LogP contribution in [0, 0.1) is 0 Å². The first-order valence-electron chi connectivity index (χ1n) is 4.98. The molecule has 94 valence electrons. The van der Waals surface area contributed by atoms with Crippen LogP contribution in [0.25, 0.3) is 10.4 Å². The molecular formula is C11H7ClO4S2. The van der Waals surface area contributed by atoms with E-state index in [4.69, 9.17) is 20.2 Å². The molecule has 0 radical (unpaired) electrons. The van der Waals surface area contributed by atoms with Crippen molar-refractivity contribution in [3.63, 3.8) is 0 Å². The smallest absolute Gasteiger partial charge is 0.270 e. The molecule has 0 aliphatic carbocycles. The van der Waals surface area contributed by atoms with Crippen molar-refractivity contribution in [2.24, 2.45) is 0 Å². The Kier molecular flexibility index (Phi) is 2.73. The Morgan fingerprint density at radius 3 is 2.61 bits per heavy atom. The molecule has 4 nitrogen and oxygen atoms in total. The molecule has 0 saturated carbocycles. The van der Waals surface area contributed by atoms with E-state index in [9.17, 15) is 8.42 Å². The van der Waals surface area contributed by atoms with Gasteiger partial charge >= 0.3 is 0 Å². The third kappa shape index (κ3) is 2.07. The monoisotopic (exact) mass is 302 g/mol. The van der Waals surface area contributed by atoms with E-state index in [2.05, 4.69) is 0 Å². The Labute approximate surface area is 112 Å². The first kappa shape index (κ1) is 11.8. The van der Waals surface area contributed by atoms with Crippen LogP contribution in [0.4, 0.5) is 0 Å². The summed E-state index contributed by atoms with van der Waals surface area (Å²) in [6.45, 7) is 0.213. The molecule has 1 aromatic heterocycles. The van der Waals surface area contributed by atoms with Crippen LogP contribution in [0.5, 0.6) is 11.5 Å². The highest BCUT2D eigenvalue weighted by Crippen LogP contribution is 2.39. The highest BCUT2D eigenvalue weighted by molar-refractivity contribution is 8.15. The van der Waals surface area contributed by atoms with Gasteiger partial charge in [-0.2, -0.15) is 0 Å². The second kappa shape index (κ2) is 4.15. The highest BCUT2D eigenvalue weighted by atomic mass is 35.7. The van der Waals surface area contributed by atoms with Crippen molar-refractivity contribution in [3.05, 3.63) is 30.3 Å². The van der Waals surface area contributed by atoms with E-state index in [0.29, 0.717) is 11.5 Å². The Balaban J connectivity index is 2.03. The second-order valence-corrected chi connectivity index (χ2v) is 7.50. The van der Waals surface area contributed by atoms with Crippen LogP contribution in [0.3, 0.4) is 0 Å². The van der Waals surface area contributed by atoms with Gasteiger partial charge in [0.25, 0.3) is 9.05 Å². The fourth-order valence-corrected chi connectivity index (χ4v) is 3.73. The second-order valence-electron chi connectivity index (χ2n) is 3.62. The van der Waals surface area contributed by atoms with Crippen LogP contribution in [0.1, 0.15) is 0 Å². The fourth-order valence-electron chi connectivity index (χ4n) is 1.66. The molecule has 1 aliphatic heterocycles. The van der Waals surface area contributed by atoms with Crippen molar-refractivity contribution in [1.29, 1.82) is 0 Å². The molecule has 3 rings (SSSR count). The minimum Gasteiger partial charge on any atom is -0.454 e. The van der Waals surface area contributed by atoms with Crippen LogP contribution in [-0.2, 0) is 9.05 Å². The lowest BCUT2D eigenvalue weighted by Gasteiger charge is -1.99. The SMILES string of the molecule is O=S(=O)(Cl)c1ccc(-c2ccc3c(c2)OCO3)s1. The average molecular weight is 303 g/mol. The van der Waals surface area contributed by atoms with Gasteiger partial charge in [0.2, 0.25) is 6.79 Å². The summed E-state index contributed by atoms with van der Waals surface area (Å²) in [6.07, 6.45) is 0. The minimum absolute atomic E-state index is 0.136. The molecule has 0 atom stereocenters. The van der Waals surface area contributed by atoms with Crippen molar-refractivity contribution >= 4 is 31.1 Å². The van der Waals surface area contributed by atoms with Crippen LogP contribution >= 0.6 is 22.0 Å². The zero-order chi connectivity index (χ0) is 12.8. The van der Waals surface area contributed by atoms with Gasteiger partial charge in [-0.15, -0.1) is 11.3 Å². The maximum absolute atomic E-state index is 11.2. The molecule has 7 heteroatoms. The number of halogens is 1. The third-order valence-corrected chi connectivity index (χ3v) is 5.71. The lowest BCUT2D eigenvalue weighted by atomic mass is 10.2. The zero-order valence-corrected chi connectivity index (χ0v) is 11.3. The van der Waals surface area contributed by atoms with Gasteiger partial charge < -0.3 is 9.47 Å². The molecule has 0 N–H and O–H groups in total. The summed E-state index contributed by atoms with van der Waals surface area (Å²) in [5, 5.41) is 0. The van der Waals surface area contributed by atoms with Crippen molar-refractivity contribution < 1.29 is 17.9 Å². The van der Waals surface area contributed by atoms with Crippen molar-refractivity contribution in [2.45, 2.75) is 4.21 Å². The number of ether oxygens (including phenoxy) is 2. The maximum Gasteiger partial charge on any atom is 0.270 e. The van der Waals surface area contributed by atoms with E-state index >= 15 is 0 Å². The molecule has 0 unspecified atom stereocenters. The fraction of sp³-hybridized carbons (Fsp3) is 0.0909. The van der Waals surface area contributed by atoms with Gasteiger partial charge in [-0.05, 0) is 35.9 Å². The van der Waals surface area contributed by atoms with E-state index in [0.717, 1.165) is 21.8 Å². The first-order chi connectivity index (χ1) is 8.54. The minimum atomic E-state index is -3.67. The van der Waals surface area contributed by atoms with E-state index in [-0.39, 0.29) is 11.0 Å². The number of hydrogen-bond acceptors (Lipinski definition) is 5. The summed E-state index contributed by atoms with van der Waals surface area (Å²) < 4.78 is 33.0. The predicted octanol–water partition coefficient (Wildman–Crippen LogP) is 3.07. The zero-order valence-electron chi connectivity index (χ0n) is 8.92. The van der Waals surface area contributed by atoms with Gasteiger partial charge in [-0.25, -0.2) is 8.42 Å². The van der Waals surface area contributed by atoms with Gasteiger partial charge in [-0.1, -0.05) is 0 Å². The van der Waals surface area contributed by atoms with E-state index in [1.807, 2.05) is 12.1 Å². The standard InChI is InChI=1S/C11H7ClO4S2/c12-18(13,14)11-4-3-10(17-11)7-1-2-8-9(5-7)16-6-15-8/h1-5H,6H2. The summed E-state index contributed by atoms with van der Waals surface area (Å²) in [5.74, 6) is 1.36. The number of thiophene rings is 1. The van der Waals surface area contributed by atoms with Gasteiger partial charge in [0.1, 0.15) is 4.21 Å². The lowest BCUT2D eigenvalue weighted by Crippen LogP contribution is -1.92. The lowest BCUT2D eigenvalue weighted by molar-refractivity contribution is 0.174. The summed E-state index contributed by atoms with van der Waals surface area (Å²) in [4.78, 5) is 0.813. The normalized spacial score (nSPS) is 13.8. The molecule has 1 aromatic carbocycles. The molecule has 2 heterocycles. The van der Waals surface area contributed by atoms with E-state index in [1.165, 1.54) is 6.07 Å². The largest absolute Gasteiger partial charge is 0.454 e. The van der Waals surface area contributed by atoms with Crippen LogP contribution in [0.15, 0.2) is 34.5 Å². The molecular weight excluding hydrogens is 296 g/mol. The summed E-state index contributed by atoms with van der Waals surface area (Å²) in [5.41, 5.74) is 0.871. The molecule has 2 aromatic rings. The van der Waals surface area contributed by atoms with Gasteiger partial charge in [0.05, 0.1) is 0 Å². The quantitative estimate of drug-likeness (QED) is 0.800. The van der Waals surface area contributed by atoms with Crippen molar-refractivity contribution in [3.8, 4) is 21.9 Å². The molecule has 0 saturated heterocycles. The molecule has 0 bridgehead atoms. The summed E-state index contributed by atoms with van der Waals surface area (Å²) in [7, 11) is 1.62. The van der Waals surface area contributed by atoms with Crippen molar-refractivity contribution in [1.82, 2.24) is 0 Å². The van der Waals surface area contributed by atoms with Gasteiger partial charge in [0.15, 0.2) is 11.5 Å². The Morgan fingerprint density at radius 2 is 1.89 bits per heavy atom. The van der Waals surface area contributed by atoms with Crippen LogP contribution in [-0.4, -0.2) is 15.2 Å². The topological polar surface area (TPSA) is 52.6 Å². The Hall–Kier alpha value is -1.24. The van der Waals surface area contributed by atoms with Crippen molar-refractivity contribution in [2.75, 3.05) is 6.79 Å². The number of hydrogen-bond donors (Lipinski definition) is 0. The summed E-state index contributed by atoms with van der Waals surface area (Å²) >= 11 is 1.12. The number of benzene rings is 1. The van der Waals surface area contributed by atoms with Crippen LogP contribution in [0.2, 0.25) is 0 Å². The van der Waals surface area contributed by atoms with E-state index < -0.39 is 9.05 Å². The summed E-state index contributed by atoms with van der Waals surface area (Å²) in [6, 6.07) is 8.68. The molecule has 0 fully saturated rings. The maximum atomic E-state index is 11.2. The molecule has 0 spiro atoms. The Morgan fingerprint density at radius 1 is 1.11 bits per heavy atom. The molecule has 1 aliphatic rings. The number of fused-ring (bicyclic) bond motifs is 1. The predicted molar refractivity (Wildman–Crippen MR) is 68.9 cm³/mol. The van der Waals surface area contributed by atoms with Gasteiger partial charge in [-0.3, -0.25) is 0 Å². The van der Waals surface area contributed by atoms with Gasteiger partial charge in [0, 0.05) is 15.6 Å². The highest BCUT2D eigenvalue weighted by Gasteiger charge is 2.17. The third-order valence-electron chi connectivity index (χ3n) is 2.48. The Bertz CT molecular complexity index is 706. The van der Waals surface area contributed by atoms with Crippen LogP contribution < -0.4 is 9.47 Å². The number of rotatable bonds is 2. The average Bonchev–Trinajstić information content (AvgIpc) is 2.96. The molecule has 0 amide bonds. The molecule has 18 heavy (non-hydrogen) atoms.